The largest absolute Gasteiger partial charge is 0.491 e. The van der Waals surface area contributed by atoms with Gasteiger partial charge in [0.15, 0.2) is 6.61 Å². The maximum atomic E-state index is 11.2. The Morgan fingerprint density at radius 1 is 1.33 bits per heavy atom. The Bertz CT molecular complexity index is 420. The van der Waals surface area contributed by atoms with Gasteiger partial charge in [0.05, 0.1) is 18.7 Å². The number of amides is 1. The first-order valence-electron chi connectivity index (χ1n) is 5.47. The van der Waals surface area contributed by atoms with E-state index in [2.05, 4.69) is 5.32 Å². The SMILES string of the molecule is CNC(=O)COC(=O)CCOc1ccccc1N. The van der Waals surface area contributed by atoms with Crippen LogP contribution < -0.4 is 15.8 Å². The fraction of sp³-hybridized carbons (Fsp3) is 0.333. The molecule has 1 aromatic rings. The maximum absolute atomic E-state index is 11.2. The first-order valence-corrected chi connectivity index (χ1v) is 5.47. The van der Waals surface area contributed by atoms with Crippen molar-refractivity contribution in [3.05, 3.63) is 24.3 Å². The molecule has 1 amide bonds. The van der Waals surface area contributed by atoms with E-state index in [0.29, 0.717) is 11.4 Å². The summed E-state index contributed by atoms with van der Waals surface area (Å²) >= 11 is 0. The zero-order valence-corrected chi connectivity index (χ0v) is 10.1. The molecule has 0 bridgehead atoms. The van der Waals surface area contributed by atoms with Crippen LogP contribution in [0.1, 0.15) is 6.42 Å². The van der Waals surface area contributed by atoms with Gasteiger partial charge in [0.1, 0.15) is 5.75 Å². The second-order valence-corrected chi connectivity index (χ2v) is 3.47. The highest BCUT2D eigenvalue weighted by molar-refractivity contribution is 5.80. The molecule has 0 atom stereocenters. The van der Waals surface area contributed by atoms with E-state index >= 15 is 0 Å². The monoisotopic (exact) mass is 252 g/mol. The number of carbonyl (C=O) groups excluding carboxylic acids is 2. The number of hydrogen-bond donors (Lipinski definition) is 2. The molecule has 0 heterocycles. The normalized spacial score (nSPS) is 9.61. The Morgan fingerprint density at radius 2 is 2.06 bits per heavy atom. The molecule has 1 rings (SSSR count). The zero-order valence-electron chi connectivity index (χ0n) is 10.1. The van der Waals surface area contributed by atoms with Gasteiger partial charge in [-0.2, -0.15) is 0 Å². The van der Waals surface area contributed by atoms with E-state index < -0.39 is 5.97 Å². The lowest BCUT2D eigenvalue weighted by Crippen LogP contribution is -2.25. The van der Waals surface area contributed by atoms with Crippen molar-refractivity contribution in [2.24, 2.45) is 0 Å². The second-order valence-electron chi connectivity index (χ2n) is 3.47. The average molecular weight is 252 g/mol. The fourth-order valence-corrected chi connectivity index (χ4v) is 1.15. The molecule has 3 N–H and O–H groups in total. The Kier molecular flexibility index (Phi) is 5.50. The molecule has 6 nitrogen and oxygen atoms in total. The number of nitrogens with two attached hydrogens (primary N) is 1. The van der Waals surface area contributed by atoms with Crippen LogP contribution in [0, 0.1) is 0 Å². The van der Waals surface area contributed by atoms with Crippen LogP contribution in [0.2, 0.25) is 0 Å². The molecule has 0 aliphatic carbocycles. The van der Waals surface area contributed by atoms with E-state index in [0.717, 1.165) is 0 Å². The van der Waals surface area contributed by atoms with Gasteiger partial charge in [0.25, 0.3) is 5.91 Å². The van der Waals surface area contributed by atoms with E-state index in [-0.39, 0.29) is 25.5 Å². The highest BCUT2D eigenvalue weighted by Gasteiger charge is 2.07. The summed E-state index contributed by atoms with van der Waals surface area (Å²) in [5.41, 5.74) is 6.17. The molecular formula is C12H16N2O4. The number of ether oxygens (including phenoxy) is 2. The van der Waals surface area contributed by atoms with Crippen molar-refractivity contribution in [3.8, 4) is 5.75 Å². The summed E-state index contributed by atoms with van der Waals surface area (Å²) in [6.45, 7) is -0.121. The Balaban J connectivity index is 2.24. The second kappa shape index (κ2) is 7.16. The first kappa shape index (κ1) is 13.8. The highest BCUT2D eigenvalue weighted by atomic mass is 16.5. The molecule has 0 aliphatic heterocycles. The van der Waals surface area contributed by atoms with Crippen molar-refractivity contribution in [2.75, 3.05) is 26.0 Å². The number of nitrogen functional groups attached to an aromatic ring is 1. The average Bonchev–Trinajstić information content (AvgIpc) is 2.38. The third kappa shape index (κ3) is 4.73. The molecular weight excluding hydrogens is 236 g/mol. The first-order chi connectivity index (χ1) is 8.63. The van der Waals surface area contributed by atoms with Crippen molar-refractivity contribution in [3.63, 3.8) is 0 Å². The van der Waals surface area contributed by atoms with E-state index in [4.69, 9.17) is 15.2 Å². The van der Waals surface area contributed by atoms with Crippen molar-refractivity contribution in [2.45, 2.75) is 6.42 Å². The van der Waals surface area contributed by atoms with Gasteiger partial charge < -0.3 is 20.5 Å². The summed E-state index contributed by atoms with van der Waals surface area (Å²) in [5, 5.41) is 2.35. The Labute approximate surface area is 105 Å². The van der Waals surface area contributed by atoms with Crippen LogP contribution in [0.4, 0.5) is 5.69 Å². The molecule has 0 unspecified atom stereocenters. The topological polar surface area (TPSA) is 90.6 Å². The van der Waals surface area contributed by atoms with Gasteiger partial charge in [-0.15, -0.1) is 0 Å². The summed E-state index contributed by atoms with van der Waals surface area (Å²) in [5.74, 6) is -0.318. The van der Waals surface area contributed by atoms with Gasteiger partial charge in [-0.3, -0.25) is 9.59 Å². The van der Waals surface area contributed by atoms with E-state index in [1.54, 1.807) is 24.3 Å². The molecule has 1 aromatic carbocycles. The van der Waals surface area contributed by atoms with Gasteiger partial charge in [0.2, 0.25) is 0 Å². The summed E-state index contributed by atoms with van der Waals surface area (Å²) < 4.78 is 10.0. The van der Waals surface area contributed by atoms with E-state index in [1.165, 1.54) is 7.05 Å². The number of nitrogens with one attached hydrogen (secondary N) is 1. The van der Waals surface area contributed by atoms with Crippen LogP contribution in [0.25, 0.3) is 0 Å². The van der Waals surface area contributed by atoms with Crippen LogP contribution in [-0.2, 0) is 14.3 Å². The summed E-state index contributed by atoms with van der Waals surface area (Å²) in [6, 6.07) is 7.00. The fourth-order valence-electron chi connectivity index (χ4n) is 1.15. The van der Waals surface area contributed by atoms with Crippen LogP contribution in [0.5, 0.6) is 5.75 Å². The maximum Gasteiger partial charge on any atom is 0.309 e. The minimum absolute atomic E-state index is 0.0608. The van der Waals surface area contributed by atoms with Crippen molar-refractivity contribution >= 4 is 17.6 Å². The molecule has 0 aromatic heterocycles. The van der Waals surface area contributed by atoms with E-state index in [1.807, 2.05) is 0 Å². The minimum Gasteiger partial charge on any atom is -0.491 e. The third-order valence-corrected chi connectivity index (χ3v) is 2.13. The van der Waals surface area contributed by atoms with Crippen molar-refractivity contribution in [1.82, 2.24) is 5.32 Å². The van der Waals surface area contributed by atoms with Crippen LogP contribution in [0.15, 0.2) is 24.3 Å². The molecule has 18 heavy (non-hydrogen) atoms. The molecule has 0 saturated heterocycles. The summed E-state index contributed by atoms with van der Waals surface area (Å²) in [7, 11) is 1.47. The van der Waals surface area contributed by atoms with Crippen LogP contribution in [-0.4, -0.2) is 32.1 Å². The number of esters is 1. The van der Waals surface area contributed by atoms with Crippen LogP contribution >= 0.6 is 0 Å². The number of carbonyl (C=O) groups is 2. The number of para-hydroxylation sites is 2. The predicted octanol–water partition coefficient (Wildman–Crippen LogP) is 0.327. The highest BCUT2D eigenvalue weighted by Crippen LogP contribution is 2.19. The minimum atomic E-state index is -0.492. The molecule has 0 fully saturated rings. The van der Waals surface area contributed by atoms with Gasteiger partial charge in [-0.05, 0) is 12.1 Å². The van der Waals surface area contributed by atoms with Crippen molar-refractivity contribution < 1.29 is 19.1 Å². The number of likely N-dealkylation sites (N-methyl/N-ethyl adjacent to an activating group) is 1. The van der Waals surface area contributed by atoms with E-state index in [9.17, 15) is 9.59 Å². The molecule has 0 radical (unpaired) electrons. The Hall–Kier alpha value is -2.24. The van der Waals surface area contributed by atoms with Crippen molar-refractivity contribution in [1.29, 1.82) is 0 Å². The quantitative estimate of drug-likeness (QED) is 0.562. The molecule has 0 saturated carbocycles. The third-order valence-electron chi connectivity index (χ3n) is 2.13. The lowest BCUT2D eigenvalue weighted by Gasteiger charge is -2.08. The number of hydrogen-bond acceptors (Lipinski definition) is 5. The Morgan fingerprint density at radius 3 is 2.72 bits per heavy atom. The van der Waals surface area contributed by atoms with Crippen LogP contribution in [0.3, 0.4) is 0 Å². The number of rotatable bonds is 6. The van der Waals surface area contributed by atoms with Gasteiger partial charge in [0, 0.05) is 7.05 Å². The van der Waals surface area contributed by atoms with Gasteiger partial charge >= 0.3 is 5.97 Å². The predicted molar refractivity (Wildman–Crippen MR) is 66.0 cm³/mol. The standard InChI is InChI=1S/C12H16N2O4/c1-14-11(15)8-18-12(16)6-7-17-10-5-3-2-4-9(10)13/h2-5H,6-8,13H2,1H3,(H,14,15). The molecule has 6 heteroatoms. The molecule has 0 aliphatic rings. The summed E-state index contributed by atoms with van der Waals surface area (Å²) in [4.78, 5) is 22.0. The lowest BCUT2D eigenvalue weighted by atomic mass is 10.3. The van der Waals surface area contributed by atoms with Gasteiger partial charge in [-0.1, -0.05) is 12.1 Å². The smallest absolute Gasteiger partial charge is 0.309 e. The number of benzene rings is 1. The summed E-state index contributed by atoms with van der Waals surface area (Å²) in [6.07, 6.45) is 0.0608. The number of anilines is 1. The van der Waals surface area contributed by atoms with Gasteiger partial charge in [-0.25, -0.2) is 0 Å². The lowest BCUT2D eigenvalue weighted by molar-refractivity contribution is -0.148. The zero-order chi connectivity index (χ0) is 13.4. The molecule has 98 valence electrons. The molecule has 0 spiro atoms.